The second-order valence-electron chi connectivity index (χ2n) is 6.72. The summed E-state index contributed by atoms with van der Waals surface area (Å²) in [7, 11) is 1.50. The number of methoxy groups -OCH3 is 1. The van der Waals surface area contributed by atoms with Gasteiger partial charge in [0.05, 0.1) is 18.4 Å². The Bertz CT molecular complexity index is 1230. The maximum atomic E-state index is 12.6. The van der Waals surface area contributed by atoms with Crippen molar-refractivity contribution in [2.75, 3.05) is 12.4 Å². The quantitative estimate of drug-likeness (QED) is 0.188. The average molecular weight is 466 g/mol. The Hall–Kier alpha value is -4.17. The second-order valence-corrected chi connectivity index (χ2v) is 7.16. The summed E-state index contributed by atoms with van der Waals surface area (Å²) in [5, 5.41) is 6.81. The third kappa shape index (κ3) is 6.41. The Balaban J connectivity index is 1.69. The number of para-hydroxylation sites is 1. The molecule has 9 heteroatoms. The molecule has 0 radical (unpaired) electrons. The van der Waals surface area contributed by atoms with Crippen LogP contribution in [0.25, 0.3) is 0 Å². The Kier molecular flexibility index (Phi) is 7.77. The summed E-state index contributed by atoms with van der Waals surface area (Å²) >= 11 is 5.87. The van der Waals surface area contributed by atoms with Gasteiger partial charge in [0.2, 0.25) is 0 Å². The lowest BCUT2D eigenvalue weighted by atomic mass is 10.1. The maximum Gasteiger partial charge on any atom is 0.343 e. The second kappa shape index (κ2) is 10.9. The van der Waals surface area contributed by atoms with Crippen LogP contribution in [-0.4, -0.2) is 30.6 Å². The van der Waals surface area contributed by atoms with Crippen molar-refractivity contribution < 1.29 is 23.9 Å². The first-order chi connectivity index (χ1) is 15.9. The summed E-state index contributed by atoms with van der Waals surface area (Å²) in [6.45, 7) is 1.60. The topological polar surface area (TPSA) is 106 Å². The van der Waals surface area contributed by atoms with Crippen LogP contribution in [0.3, 0.4) is 0 Å². The zero-order valence-electron chi connectivity index (χ0n) is 17.8. The standard InChI is InChI=1S/C24H20ClN3O5/c1-15(27-28-23(30)22(29)26-18-9-6-8-17(25)14-18)20-11-3-4-12-21(20)33-24(31)16-7-5-10-19(13-16)32-2/h3-14H,1-2H3,(H,26,29)(H,28,30)/b27-15+. The highest BCUT2D eigenvalue weighted by atomic mass is 35.5. The molecule has 168 valence electrons. The number of amides is 2. The Morgan fingerprint density at radius 3 is 2.42 bits per heavy atom. The van der Waals surface area contributed by atoms with Gasteiger partial charge in [-0.15, -0.1) is 0 Å². The van der Waals surface area contributed by atoms with E-state index in [0.717, 1.165) is 0 Å². The molecule has 0 saturated carbocycles. The number of halogens is 1. The lowest BCUT2D eigenvalue weighted by Crippen LogP contribution is -2.33. The number of carbonyl (C=O) groups is 3. The fraction of sp³-hybridized carbons (Fsp3) is 0.0833. The van der Waals surface area contributed by atoms with E-state index in [0.29, 0.717) is 33.3 Å². The van der Waals surface area contributed by atoms with Crippen molar-refractivity contribution in [2.45, 2.75) is 6.92 Å². The first-order valence-electron chi connectivity index (χ1n) is 9.74. The highest BCUT2D eigenvalue weighted by Crippen LogP contribution is 2.21. The minimum Gasteiger partial charge on any atom is -0.497 e. The zero-order valence-corrected chi connectivity index (χ0v) is 18.6. The third-order valence-corrected chi connectivity index (χ3v) is 4.63. The number of esters is 1. The van der Waals surface area contributed by atoms with E-state index >= 15 is 0 Å². The summed E-state index contributed by atoms with van der Waals surface area (Å²) in [4.78, 5) is 36.8. The smallest absolute Gasteiger partial charge is 0.343 e. The average Bonchev–Trinajstić information content (AvgIpc) is 2.82. The van der Waals surface area contributed by atoms with Crippen molar-refractivity contribution in [1.82, 2.24) is 5.43 Å². The summed E-state index contributed by atoms with van der Waals surface area (Å²) < 4.78 is 10.6. The van der Waals surface area contributed by atoms with E-state index in [2.05, 4.69) is 15.8 Å². The Labute approximate surface area is 195 Å². The number of nitrogens with zero attached hydrogens (tertiary/aromatic N) is 1. The molecule has 0 bridgehead atoms. The molecule has 2 N–H and O–H groups in total. The number of carbonyl (C=O) groups excluding carboxylic acids is 3. The molecule has 8 nitrogen and oxygen atoms in total. The van der Waals surface area contributed by atoms with Crippen LogP contribution in [0.2, 0.25) is 5.02 Å². The highest BCUT2D eigenvalue weighted by Gasteiger charge is 2.16. The normalized spacial score (nSPS) is 10.8. The highest BCUT2D eigenvalue weighted by molar-refractivity contribution is 6.40. The molecule has 0 aromatic heterocycles. The van der Waals surface area contributed by atoms with E-state index < -0.39 is 17.8 Å². The zero-order chi connectivity index (χ0) is 23.8. The summed E-state index contributed by atoms with van der Waals surface area (Å²) in [5.41, 5.74) is 3.66. The van der Waals surface area contributed by atoms with Gasteiger partial charge < -0.3 is 14.8 Å². The van der Waals surface area contributed by atoms with Crippen LogP contribution in [0.4, 0.5) is 5.69 Å². The molecule has 0 aliphatic heterocycles. The molecule has 0 unspecified atom stereocenters. The predicted octanol–water partition coefficient (Wildman–Crippen LogP) is 4.05. The fourth-order valence-corrected chi connectivity index (χ4v) is 2.95. The number of hydrogen-bond donors (Lipinski definition) is 2. The van der Waals surface area contributed by atoms with E-state index in [1.807, 2.05) is 0 Å². The number of benzene rings is 3. The van der Waals surface area contributed by atoms with Gasteiger partial charge in [0.25, 0.3) is 0 Å². The molecule has 0 aliphatic carbocycles. The van der Waals surface area contributed by atoms with Crippen LogP contribution >= 0.6 is 11.6 Å². The Morgan fingerprint density at radius 2 is 1.67 bits per heavy atom. The number of nitrogens with one attached hydrogen (secondary N) is 2. The largest absolute Gasteiger partial charge is 0.497 e. The molecule has 0 fully saturated rings. The fourth-order valence-electron chi connectivity index (χ4n) is 2.76. The number of rotatable bonds is 6. The van der Waals surface area contributed by atoms with Crippen molar-refractivity contribution in [3.05, 3.63) is 88.9 Å². The lowest BCUT2D eigenvalue weighted by Gasteiger charge is -2.10. The van der Waals surface area contributed by atoms with Crippen LogP contribution < -0.4 is 20.2 Å². The number of ether oxygens (including phenoxy) is 2. The van der Waals surface area contributed by atoms with Gasteiger partial charge in [-0.25, -0.2) is 10.2 Å². The van der Waals surface area contributed by atoms with Gasteiger partial charge >= 0.3 is 17.8 Å². The third-order valence-electron chi connectivity index (χ3n) is 4.40. The van der Waals surface area contributed by atoms with Crippen molar-refractivity contribution in [1.29, 1.82) is 0 Å². The van der Waals surface area contributed by atoms with E-state index in [1.165, 1.54) is 13.2 Å². The molecule has 0 atom stereocenters. The van der Waals surface area contributed by atoms with Crippen molar-refractivity contribution in [2.24, 2.45) is 5.10 Å². The van der Waals surface area contributed by atoms with E-state index in [-0.39, 0.29) is 5.75 Å². The number of hydrogen-bond acceptors (Lipinski definition) is 6. The molecule has 0 heterocycles. The molecule has 3 aromatic rings. The van der Waals surface area contributed by atoms with Crippen molar-refractivity contribution in [3.8, 4) is 11.5 Å². The first-order valence-corrected chi connectivity index (χ1v) is 10.1. The van der Waals surface area contributed by atoms with Gasteiger partial charge in [-0.1, -0.05) is 35.9 Å². The SMILES string of the molecule is COc1cccc(C(=O)Oc2ccccc2/C(C)=N/NC(=O)C(=O)Nc2cccc(Cl)c2)c1. The van der Waals surface area contributed by atoms with Gasteiger partial charge in [-0.05, 0) is 55.5 Å². The van der Waals surface area contributed by atoms with Crippen LogP contribution in [0.5, 0.6) is 11.5 Å². The molecule has 2 amide bonds. The monoisotopic (exact) mass is 465 g/mol. The molecular weight excluding hydrogens is 446 g/mol. The molecule has 0 spiro atoms. The van der Waals surface area contributed by atoms with Gasteiger partial charge in [0.1, 0.15) is 11.5 Å². The molecule has 33 heavy (non-hydrogen) atoms. The van der Waals surface area contributed by atoms with Gasteiger partial charge in [0.15, 0.2) is 0 Å². The van der Waals surface area contributed by atoms with Gasteiger partial charge in [-0.2, -0.15) is 5.10 Å². The Morgan fingerprint density at radius 1 is 0.909 bits per heavy atom. The van der Waals surface area contributed by atoms with E-state index in [9.17, 15) is 14.4 Å². The van der Waals surface area contributed by atoms with Crippen molar-refractivity contribution in [3.63, 3.8) is 0 Å². The molecule has 0 saturated heterocycles. The number of hydrazone groups is 1. The summed E-state index contributed by atoms with van der Waals surface area (Å²) in [6, 6.07) is 19.6. The summed E-state index contributed by atoms with van der Waals surface area (Å²) in [5.74, 6) is -1.70. The van der Waals surface area contributed by atoms with Crippen molar-refractivity contribution >= 4 is 40.8 Å². The van der Waals surface area contributed by atoms with Gasteiger partial charge in [0, 0.05) is 16.3 Å². The minimum absolute atomic E-state index is 0.240. The summed E-state index contributed by atoms with van der Waals surface area (Å²) in [6.07, 6.45) is 0. The molecule has 0 aliphatic rings. The predicted molar refractivity (Wildman–Crippen MR) is 125 cm³/mol. The lowest BCUT2D eigenvalue weighted by molar-refractivity contribution is -0.136. The van der Waals surface area contributed by atoms with Crippen LogP contribution in [0.15, 0.2) is 77.9 Å². The molecular formula is C24H20ClN3O5. The first kappa shape index (κ1) is 23.5. The van der Waals surface area contributed by atoms with E-state index in [1.54, 1.807) is 73.7 Å². The van der Waals surface area contributed by atoms with Crippen LogP contribution in [0, 0.1) is 0 Å². The molecule has 3 rings (SSSR count). The van der Waals surface area contributed by atoms with Crippen LogP contribution in [0.1, 0.15) is 22.8 Å². The minimum atomic E-state index is -0.972. The number of anilines is 1. The van der Waals surface area contributed by atoms with Gasteiger partial charge in [-0.3, -0.25) is 9.59 Å². The van der Waals surface area contributed by atoms with E-state index in [4.69, 9.17) is 21.1 Å². The van der Waals surface area contributed by atoms with Crippen LogP contribution in [-0.2, 0) is 9.59 Å². The molecule has 3 aromatic carbocycles. The maximum absolute atomic E-state index is 12.6.